The summed E-state index contributed by atoms with van der Waals surface area (Å²) in [4.78, 5) is 33.2. The monoisotopic (exact) mass is 442 g/mol. The van der Waals surface area contributed by atoms with Gasteiger partial charge in [-0.15, -0.1) is 0 Å². The summed E-state index contributed by atoms with van der Waals surface area (Å²) >= 11 is 0. The molecular weight excluding hydrogens is 408 g/mol. The molecule has 0 aliphatic carbocycles. The van der Waals surface area contributed by atoms with Gasteiger partial charge < -0.3 is 28.4 Å². The number of rotatable bonds is 20. The van der Waals surface area contributed by atoms with Crippen LogP contribution in [0.1, 0.15) is 19.8 Å². The van der Waals surface area contributed by atoms with Crippen molar-refractivity contribution in [3.8, 4) is 0 Å². The molecule has 0 heterocycles. The van der Waals surface area contributed by atoms with Gasteiger partial charge in [-0.05, 0) is 12.8 Å². The van der Waals surface area contributed by atoms with Crippen LogP contribution in [0.5, 0.6) is 0 Å². The molecule has 0 aliphatic heterocycles. The molecule has 9 heteroatoms. The van der Waals surface area contributed by atoms with Crippen molar-refractivity contribution in [3.05, 3.63) is 38.0 Å². The molecule has 0 N–H and O–H groups in total. The summed E-state index contributed by atoms with van der Waals surface area (Å²) in [5, 5.41) is 0. The topological polar surface area (TPSA) is 107 Å². The first-order chi connectivity index (χ1) is 14.9. The zero-order chi connectivity index (χ0) is 23.4. The van der Waals surface area contributed by atoms with Crippen LogP contribution in [-0.4, -0.2) is 77.4 Å². The van der Waals surface area contributed by atoms with Crippen LogP contribution in [0.25, 0.3) is 0 Å². The summed E-state index contributed by atoms with van der Waals surface area (Å²) < 4.78 is 31.6. The molecule has 0 amide bonds. The Morgan fingerprint density at radius 1 is 0.645 bits per heavy atom. The molecule has 0 bridgehead atoms. The predicted octanol–water partition coefficient (Wildman–Crippen LogP) is 2.01. The number of esters is 3. The third-order valence-electron chi connectivity index (χ3n) is 4.26. The van der Waals surface area contributed by atoms with Gasteiger partial charge in [0.05, 0.1) is 33.0 Å². The van der Waals surface area contributed by atoms with E-state index in [0.717, 1.165) is 24.6 Å². The van der Waals surface area contributed by atoms with E-state index in [9.17, 15) is 14.4 Å². The van der Waals surface area contributed by atoms with Crippen LogP contribution in [-0.2, 0) is 42.8 Å². The number of hydrogen-bond acceptors (Lipinski definition) is 9. The lowest BCUT2D eigenvalue weighted by Crippen LogP contribution is -2.34. The molecule has 176 valence electrons. The van der Waals surface area contributed by atoms with Crippen LogP contribution >= 0.6 is 0 Å². The normalized spacial score (nSPS) is 10.7. The highest BCUT2D eigenvalue weighted by molar-refractivity contribution is 5.81. The Hall–Kier alpha value is -2.49. The summed E-state index contributed by atoms with van der Waals surface area (Å²) in [7, 11) is 0. The van der Waals surface area contributed by atoms with Gasteiger partial charge >= 0.3 is 17.9 Å². The summed E-state index contributed by atoms with van der Waals surface area (Å²) in [6, 6.07) is 0. The Bertz CT molecular complexity index is 541. The number of ether oxygens (including phenoxy) is 6. The maximum atomic E-state index is 11.1. The molecule has 0 rings (SSSR count). The largest absolute Gasteiger partial charge is 0.460 e. The van der Waals surface area contributed by atoms with Crippen molar-refractivity contribution in [3.63, 3.8) is 0 Å². The Morgan fingerprint density at radius 2 is 1.03 bits per heavy atom. The van der Waals surface area contributed by atoms with Crippen LogP contribution in [0, 0.1) is 5.41 Å². The highest BCUT2D eigenvalue weighted by atomic mass is 16.6. The van der Waals surface area contributed by atoms with Crippen molar-refractivity contribution in [2.75, 3.05) is 59.5 Å². The molecular formula is C22H34O9. The van der Waals surface area contributed by atoms with Crippen LogP contribution in [0.2, 0.25) is 0 Å². The molecule has 0 unspecified atom stereocenters. The predicted molar refractivity (Wildman–Crippen MR) is 113 cm³/mol. The van der Waals surface area contributed by atoms with Gasteiger partial charge in [-0.3, -0.25) is 0 Å². The summed E-state index contributed by atoms with van der Waals surface area (Å²) in [6.45, 7) is 14.2. The second-order valence-electron chi connectivity index (χ2n) is 6.44. The van der Waals surface area contributed by atoms with E-state index in [1.807, 2.05) is 6.92 Å². The molecule has 0 aromatic heterocycles. The van der Waals surface area contributed by atoms with Gasteiger partial charge in [0.25, 0.3) is 0 Å². The molecule has 0 atom stereocenters. The van der Waals surface area contributed by atoms with Crippen LogP contribution in [0.3, 0.4) is 0 Å². The quantitative estimate of drug-likeness (QED) is 0.121. The number of carbonyl (C=O) groups excluding carboxylic acids is 3. The Morgan fingerprint density at radius 3 is 1.39 bits per heavy atom. The fourth-order valence-electron chi connectivity index (χ4n) is 2.32. The number of carbonyl (C=O) groups is 3. The fourth-order valence-corrected chi connectivity index (χ4v) is 2.32. The fraction of sp³-hybridized carbons (Fsp3) is 0.591. The van der Waals surface area contributed by atoms with Crippen molar-refractivity contribution in [2.24, 2.45) is 5.41 Å². The maximum absolute atomic E-state index is 11.1. The van der Waals surface area contributed by atoms with Gasteiger partial charge in [-0.25, -0.2) is 14.4 Å². The first kappa shape index (κ1) is 28.5. The summed E-state index contributed by atoms with van der Waals surface area (Å²) in [6.07, 6.45) is 4.63. The molecule has 0 radical (unpaired) electrons. The van der Waals surface area contributed by atoms with Gasteiger partial charge in [0.1, 0.15) is 19.8 Å². The summed E-state index contributed by atoms with van der Waals surface area (Å²) in [5.41, 5.74) is -0.358. The highest BCUT2D eigenvalue weighted by Gasteiger charge is 2.29. The molecule has 9 nitrogen and oxygen atoms in total. The van der Waals surface area contributed by atoms with E-state index in [0.29, 0.717) is 26.2 Å². The van der Waals surface area contributed by atoms with E-state index in [-0.39, 0.29) is 45.1 Å². The zero-order valence-electron chi connectivity index (χ0n) is 18.3. The molecule has 0 saturated carbocycles. The highest BCUT2D eigenvalue weighted by Crippen LogP contribution is 2.28. The standard InChI is InChI=1S/C22H34O9/c1-5-19(23)29-14-11-26-10-9-22(8-4,17-27-12-15-30-20(24)6-2)18-28-13-16-31-21(25)7-3/h5-7H,1-3,8-18H2,4H3. The van der Waals surface area contributed by atoms with Crippen molar-refractivity contribution in [1.29, 1.82) is 0 Å². The molecule has 31 heavy (non-hydrogen) atoms. The zero-order valence-corrected chi connectivity index (χ0v) is 18.3. The van der Waals surface area contributed by atoms with Gasteiger partial charge in [0.15, 0.2) is 0 Å². The van der Waals surface area contributed by atoms with E-state index >= 15 is 0 Å². The number of hydrogen-bond donors (Lipinski definition) is 0. The minimum absolute atomic E-state index is 0.119. The third kappa shape index (κ3) is 15.0. The molecule has 0 saturated heterocycles. The van der Waals surface area contributed by atoms with Crippen LogP contribution < -0.4 is 0 Å². The molecule has 0 spiro atoms. The Kier molecular flexibility index (Phi) is 16.8. The van der Waals surface area contributed by atoms with E-state index in [4.69, 9.17) is 28.4 Å². The Balaban J connectivity index is 4.49. The van der Waals surface area contributed by atoms with E-state index in [1.165, 1.54) is 0 Å². The lowest BCUT2D eigenvalue weighted by Gasteiger charge is -2.32. The van der Waals surface area contributed by atoms with E-state index < -0.39 is 17.9 Å². The molecule has 0 aromatic carbocycles. The average Bonchev–Trinajstić information content (AvgIpc) is 2.79. The van der Waals surface area contributed by atoms with Gasteiger partial charge in [0.2, 0.25) is 0 Å². The first-order valence-corrected chi connectivity index (χ1v) is 10.0. The Labute approximate surface area is 184 Å². The first-order valence-electron chi connectivity index (χ1n) is 10.0. The SMILES string of the molecule is C=CC(=O)OCCOCCC(CC)(COCCOC(=O)C=C)COCCOC(=O)C=C. The van der Waals surface area contributed by atoms with Crippen molar-refractivity contribution in [2.45, 2.75) is 19.8 Å². The van der Waals surface area contributed by atoms with Crippen LogP contribution in [0.15, 0.2) is 38.0 Å². The van der Waals surface area contributed by atoms with E-state index in [2.05, 4.69) is 19.7 Å². The average molecular weight is 443 g/mol. The molecule has 0 aromatic rings. The third-order valence-corrected chi connectivity index (χ3v) is 4.26. The van der Waals surface area contributed by atoms with Gasteiger partial charge in [-0.2, -0.15) is 0 Å². The van der Waals surface area contributed by atoms with Gasteiger partial charge in [-0.1, -0.05) is 26.7 Å². The molecule has 0 aliphatic rings. The van der Waals surface area contributed by atoms with Crippen LogP contribution in [0.4, 0.5) is 0 Å². The lowest BCUT2D eigenvalue weighted by atomic mass is 9.83. The lowest BCUT2D eigenvalue weighted by molar-refractivity contribution is -0.141. The minimum atomic E-state index is -0.506. The minimum Gasteiger partial charge on any atom is -0.460 e. The van der Waals surface area contributed by atoms with Crippen molar-refractivity contribution in [1.82, 2.24) is 0 Å². The maximum Gasteiger partial charge on any atom is 0.330 e. The van der Waals surface area contributed by atoms with Gasteiger partial charge in [0, 0.05) is 30.2 Å². The smallest absolute Gasteiger partial charge is 0.330 e. The van der Waals surface area contributed by atoms with Crippen molar-refractivity contribution >= 4 is 17.9 Å². The second kappa shape index (κ2) is 18.3. The molecule has 0 fully saturated rings. The second-order valence-corrected chi connectivity index (χ2v) is 6.44. The summed E-state index contributed by atoms with van der Waals surface area (Å²) in [5.74, 6) is -1.51. The van der Waals surface area contributed by atoms with E-state index in [1.54, 1.807) is 0 Å². The van der Waals surface area contributed by atoms with Crippen molar-refractivity contribution < 1.29 is 42.8 Å².